The number of primary amides is 1. The molecule has 6 heteroatoms. The van der Waals surface area contributed by atoms with Crippen molar-refractivity contribution in [2.24, 2.45) is 5.73 Å². The van der Waals surface area contributed by atoms with Crippen LogP contribution in [0, 0.1) is 0 Å². The van der Waals surface area contributed by atoms with Gasteiger partial charge in [-0.2, -0.15) is 0 Å². The van der Waals surface area contributed by atoms with E-state index in [1.165, 1.54) is 0 Å². The Labute approximate surface area is 119 Å². The molecule has 0 saturated carbocycles. The van der Waals surface area contributed by atoms with Gasteiger partial charge in [0.1, 0.15) is 0 Å². The van der Waals surface area contributed by atoms with Gasteiger partial charge in [-0.1, -0.05) is 0 Å². The number of nitrogens with two attached hydrogens (primary N) is 2. The normalized spacial score (nSPS) is 10.1. The van der Waals surface area contributed by atoms with E-state index in [1.807, 2.05) is 13.8 Å². The summed E-state index contributed by atoms with van der Waals surface area (Å²) in [5.74, 6) is -0.449. The number of anilines is 2. The van der Waals surface area contributed by atoms with E-state index in [9.17, 15) is 9.59 Å². The van der Waals surface area contributed by atoms with E-state index in [4.69, 9.17) is 11.5 Å². The summed E-state index contributed by atoms with van der Waals surface area (Å²) in [4.78, 5) is 24.9. The van der Waals surface area contributed by atoms with Gasteiger partial charge in [-0.25, -0.2) is 0 Å². The zero-order valence-electron chi connectivity index (χ0n) is 12.0. The molecule has 0 heterocycles. The average Bonchev–Trinajstić information content (AvgIpc) is 2.39. The molecular weight excluding hydrogens is 256 g/mol. The molecule has 0 fully saturated rings. The van der Waals surface area contributed by atoms with Crippen molar-refractivity contribution in [1.29, 1.82) is 0 Å². The number of hydrogen-bond acceptors (Lipinski definition) is 4. The minimum atomic E-state index is -0.525. The Balaban J connectivity index is 2.64. The van der Waals surface area contributed by atoms with Crippen LogP contribution < -0.4 is 16.8 Å². The van der Waals surface area contributed by atoms with Crippen molar-refractivity contribution in [1.82, 2.24) is 4.90 Å². The highest BCUT2D eigenvalue weighted by Crippen LogP contribution is 2.18. The van der Waals surface area contributed by atoms with Gasteiger partial charge in [0.15, 0.2) is 0 Å². The lowest BCUT2D eigenvalue weighted by Gasteiger charge is -2.19. The fourth-order valence-electron chi connectivity index (χ4n) is 1.96. The molecule has 2 amide bonds. The minimum Gasteiger partial charge on any atom is -0.399 e. The Bertz CT molecular complexity index is 484. The molecule has 20 heavy (non-hydrogen) atoms. The van der Waals surface area contributed by atoms with Crippen molar-refractivity contribution < 1.29 is 9.59 Å². The van der Waals surface area contributed by atoms with E-state index < -0.39 is 5.91 Å². The molecule has 0 aliphatic carbocycles. The summed E-state index contributed by atoms with van der Waals surface area (Å²) in [5.41, 5.74) is 12.4. The van der Waals surface area contributed by atoms with Crippen LogP contribution in [-0.2, 0) is 4.79 Å². The first kappa shape index (κ1) is 15.8. The number of hydrogen-bond donors (Lipinski definition) is 3. The van der Waals surface area contributed by atoms with E-state index in [2.05, 4.69) is 5.32 Å². The molecule has 5 N–H and O–H groups in total. The number of benzene rings is 1. The number of amides is 2. The fourth-order valence-corrected chi connectivity index (χ4v) is 1.96. The first-order valence-electron chi connectivity index (χ1n) is 6.70. The summed E-state index contributed by atoms with van der Waals surface area (Å²) in [5, 5.41) is 3.04. The molecule has 1 aromatic rings. The Hall–Kier alpha value is -2.24. The summed E-state index contributed by atoms with van der Waals surface area (Å²) in [7, 11) is 0. The molecule has 6 nitrogen and oxygen atoms in total. The molecule has 0 atom stereocenters. The highest BCUT2D eigenvalue weighted by Gasteiger charge is 2.11. The molecule has 0 aromatic heterocycles. The number of nitrogen functional groups attached to an aromatic ring is 1. The quantitative estimate of drug-likeness (QED) is 0.648. The van der Waals surface area contributed by atoms with Crippen molar-refractivity contribution in [2.45, 2.75) is 20.3 Å². The van der Waals surface area contributed by atoms with Gasteiger partial charge < -0.3 is 21.7 Å². The zero-order valence-corrected chi connectivity index (χ0v) is 12.0. The van der Waals surface area contributed by atoms with Crippen LogP contribution in [-0.4, -0.2) is 36.3 Å². The average molecular weight is 278 g/mol. The molecule has 0 saturated heterocycles. The maximum absolute atomic E-state index is 11.9. The van der Waals surface area contributed by atoms with Gasteiger partial charge in [-0.05, 0) is 32.0 Å². The second-order valence-corrected chi connectivity index (χ2v) is 4.41. The van der Waals surface area contributed by atoms with Crippen LogP contribution in [0.25, 0.3) is 0 Å². The summed E-state index contributed by atoms with van der Waals surface area (Å²) >= 11 is 0. The standard InChI is InChI=1S/C14H22N4O2/c1-3-18(4-2)13(19)7-8-17-12-9-10(15)5-6-11(12)14(16)20/h5-6,9,17H,3-4,7-8,15H2,1-2H3,(H2,16,20). The predicted octanol–water partition coefficient (Wildman–Crippen LogP) is 1.04. The van der Waals surface area contributed by atoms with Crippen LogP contribution >= 0.6 is 0 Å². The van der Waals surface area contributed by atoms with Gasteiger partial charge in [-0.15, -0.1) is 0 Å². The van der Waals surface area contributed by atoms with Crippen molar-refractivity contribution in [3.63, 3.8) is 0 Å². The number of carbonyl (C=O) groups excluding carboxylic acids is 2. The van der Waals surface area contributed by atoms with Crippen molar-refractivity contribution in [3.8, 4) is 0 Å². The summed E-state index contributed by atoms with van der Waals surface area (Å²) in [6, 6.07) is 4.83. The Morgan fingerprint density at radius 3 is 2.45 bits per heavy atom. The van der Waals surface area contributed by atoms with Crippen LogP contribution in [0.3, 0.4) is 0 Å². The van der Waals surface area contributed by atoms with E-state index in [0.717, 1.165) is 0 Å². The number of carbonyl (C=O) groups is 2. The zero-order chi connectivity index (χ0) is 15.1. The van der Waals surface area contributed by atoms with Gasteiger partial charge in [0.25, 0.3) is 5.91 Å². The van der Waals surface area contributed by atoms with Gasteiger partial charge >= 0.3 is 0 Å². The summed E-state index contributed by atoms with van der Waals surface area (Å²) < 4.78 is 0. The molecular formula is C14H22N4O2. The van der Waals surface area contributed by atoms with Crippen LogP contribution in [0.2, 0.25) is 0 Å². The topological polar surface area (TPSA) is 101 Å². The van der Waals surface area contributed by atoms with Crippen LogP contribution in [0.4, 0.5) is 11.4 Å². The number of nitrogens with zero attached hydrogens (tertiary/aromatic N) is 1. The maximum atomic E-state index is 11.9. The second kappa shape index (κ2) is 7.37. The van der Waals surface area contributed by atoms with Crippen LogP contribution in [0.15, 0.2) is 18.2 Å². The Morgan fingerprint density at radius 2 is 1.90 bits per heavy atom. The van der Waals surface area contributed by atoms with Gasteiger partial charge in [0.2, 0.25) is 5.91 Å². The molecule has 0 radical (unpaired) electrons. The lowest BCUT2D eigenvalue weighted by atomic mass is 10.1. The molecule has 110 valence electrons. The smallest absolute Gasteiger partial charge is 0.250 e. The minimum absolute atomic E-state index is 0.0760. The molecule has 1 aromatic carbocycles. The maximum Gasteiger partial charge on any atom is 0.250 e. The SMILES string of the molecule is CCN(CC)C(=O)CCNc1cc(N)ccc1C(N)=O. The molecule has 0 unspecified atom stereocenters. The van der Waals surface area contributed by atoms with Crippen LogP contribution in [0.5, 0.6) is 0 Å². The van der Waals surface area contributed by atoms with Gasteiger partial charge in [0.05, 0.1) is 5.56 Å². The lowest BCUT2D eigenvalue weighted by Crippen LogP contribution is -2.31. The lowest BCUT2D eigenvalue weighted by molar-refractivity contribution is -0.130. The summed E-state index contributed by atoms with van der Waals surface area (Å²) in [6.45, 7) is 5.70. The largest absolute Gasteiger partial charge is 0.399 e. The van der Waals surface area contributed by atoms with E-state index in [1.54, 1.807) is 23.1 Å². The van der Waals surface area contributed by atoms with Crippen molar-refractivity contribution in [3.05, 3.63) is 23.8 Å². The number of rotatable bonds is 7. The first-order valence-corrected chi connectivity index (χ1v) is 6.70. The van der Waals surface area contributed by atoms with Crippen molar-refractivity contribution in [2.75, 3.05) is 30.7 Å². The van der Waals surface area contributed by atoms with Crippen LogP contribution in [0.1, 0.15) is 30.6 Å². The van der Waals surface area contributed by atoms with E-state index in [-0.39, 0.29) is 5.91 Å². The molecule has 1 rings (SSSR count). The fraction of sp³-hybridized carbons (Fsp3) is 0.429. The predicted molar refractivity (Wildman–Crippen MR) is 80.4 cm³/mol. The van der Waals surface area contributed by atoms with E-state index in [0.29, 0.717) is 43.0 Å². The first-order chi connectivity index (χ1) is 9.49. The molecule has 0 bridgehead atoms. The Morgan fingerprint density at radius 1 is 1.25 bits per heavy atom. The third-order valence-electron chi connectivity index (χ3n) is 3.08. The highest BCUT2D eigenvalue weighted by atomic mass is 16.2. The molecule has 0 aliphatic heterocycles. The molecule has 0 spiro atoms. The highest BCUT2D eigenvalue weighted by molar-refractivity contribution is 5.99. The number of nitrogens with one attached hydrogen (secondary N) is 1. The van der Waals surface area contributed by atoms with Crippen molar-refractivity contribution >= 4 is 23.2 Å². The van der Waals surface area contributed by atoms with E-state index >= 15 is 0 Å². The monoisotopic (exact) mass is 278 g/mol. The Kier molecular flexibility index (Phi) is 5.83. The third kappa shape index (κ3) is 4.15. The second-order valence-electron chi connectivity index (χ2n) is 4.41. The summed E-state index contributed by atoms with van der Waals surface area (Å²) in [6.07, 6.45) is 0.356. The van der Waals surface area contributed by atoms with Gasteiger partial charge in [0, 0.05) is 37.4 Å². The third-order valence-corrected chi connectivity index (χ3v) is 3.08. The van der Waals surface area contributed by atoms with Gasteiger partial charge in [-0.3, -0.25) is 9.59 Å². The molecule has 0 aliphatic rings.